The van der Waals surface area contributed by atoms with E-state index in [0.29, 0.717) is 17.2 Å². The van der Waals surface area contributed by atoms with Gasteiger partial charge in [-0.3, -0.25) is 0 Å². The van der Waals surface area contributed by atoms with Crippen molar-refractivity contribution < 1.29 is 19.7 Å². The van der Waals surface area contributed by atoms with Crippen molar-refractivity contribution in [2.75, 3.05) is 11.5 Å². The van der Waals surface area contributed by atoms with Crippen molar-refractivity contribution in [1.29, 1.82) is 0 Å². The SMILES string of the molecule is CC(C)(O)COc1cc(N(C(=O)O)c2ccccc2)n(-c2ccccc2)n1. The second kappa shape index (κ2) is 7.51. The van der Waals surface area contributed by atoms with Crippen LogP contribution in [0.25, 0.3) is 5.69 Å². The zero-order valence-corrected chi connectivity index (χ0v) is 15.1. The summed E-state index contributed by atoms with van der Waals surface area (Å²) in [5, 5.41) is 24.1. The first-order valence-corrected chi connectivity index (χ1v) is 8.44. The predicted octanol–water partition coefficient (Wildman–Crippen LogP) is 3.84. The van der Waals surface area contributed by atoms with E-state index in [1.807, 2.05) is 36.4 Å². The van der Waals surface area contributed by atoms with Gasteiger partial charge in [0.1, 0.15) is 12.4 Å². The van der Waals surface area contributed by atoms with Gasteiger partial charge >= 0.3 is 6.09 Å². The fraction of sp³-hybridized carbons (Fsp3) is 0.200. The molecule has 0 spiro atoms. The topological polar surface area (TPSA) is 87.8 Å². The molecule has 0 aliphatic heterocycles. The molecule has 1 aromatic heterocycles. The molecule has 0 saturated heterocycles. The Balaban J connectivity index is 2.08. The van der Waals surface area contributed by atoms with E-state index in [1.54, 1.807) is 44.2 Å². The molecule has 0 saturated carbocycles. The number of carboxylic acid groups (broad SMARTS) is 1. The monoisotopic (exact) mass is 367 g/mol. The van der Waals surface area contributed by atoms with E-state index < -0.39 is 11.7 Å². The van der Waals surface area contributed by atoms with Gasteiger partial charge < -0.3 is 14.9 Å². The highest BCUT2D eigenvalue weighted by molar-refractivity contribution is 5.94. The lowest BCUT2D eigenvalue weighted by Crippen LogP contribution is -2.28. The van der Waals surface area contributed by atoms with Crippen molar-refractivity contribution >= 4 is 17.6 Å². The number of carbonyl (C=O) groups is 1. The molecule has 0 aliphatic rings. The Hall–Kier alpha value is -3.32. The van der Waals surface area contributed by atoms with E-state index in [2.05, 4.69) is 5.10 Å². The zero-order valence-electron chi connectivity index (χ0n) is 15.1. The molecule has 2 aromatic carbocycles. The molecule has 3 rings (SSSR count). The molecule has 140 valence electrons. The molecule has 1 heterocycles. The molecule has 0 bridgehead atoms. The van der Waals surface area contributed by atoms with Crippen LogP contribution in [0.3, 0.4) is 0 Å². The van der Waals surface area contributed by atoms with Crippen LogP contribution in [-0.4, -0.2) is 38.3 Å². The van der Waals surface area contributed by atoms with E-state index in [9.17, 15) is 15.0 Å². The second-order valence-electron chi connectivity index (χ2n) is 6.64. The Kier molecular flexibility index (Phi) is 5.14. The number of ether oxygens (including phenoxy) is 1. The maximum absolute atomic E-state index is 12.0. The van der Waals surface area contributed by atoms with Gasteiger partial charge in [0.15, 0.2) is 0 Å². The Morgan fingerprint density at radius 2 is 1.70 bits per heavy atom. The van der Waals surface area contributed by atoms with Crippen molar-refractivity contribution in [1.82, 2.24) is 9.78 Å². The largest absolute Gasteiger partial charge is 0.474 e. The molecule has 0 fully saturated rings. The van der Waals surface area contributed by atoms with Gasteiger partial charge in [-0.25, -0.2) is 14.4 Å². The molecule has 3 aromatic rings. The standard InChI is InChI=1S/C20H21N3O4/c1-20(2,26)14-27-17-13-18(23(21-17)16-11-7-4-8-12-16)22(19(24)25)15-9-5-3-6-10-15/h3-13,26H,14H2,1-2H3,(H,24,25). The highest BCUT2D eigenvalue weighted by Gasteiger charge is 2.24. The van der Waals surface area contributed by atoms with Crippen LogP contribution in [0.1, 0.15) is 13.8 Å². The molecule has 0 unspecified atom stereocenters. The van der Waals surface area contributed by atoms with Crippen LogP contribution in [-0.2, 0) is 0 Å². The van der Waals surface area contributed by atoms with Gasteiger partial charge in [0.2, 0.25) is 5.88 Å². The maximum atomic E-state index is 12.0. The van der Waals surface area contributed by atoms with Gasteiger partial charge in [-0.05, 0) is 38.1 Å². The highest BCUT2D eigenvalue weighted by Crippen LogP contribution is 2.31. The Bertz CT molecular complexity index is 902. The molecular weight excluding hydrogens is 346 g/mol. The molecule has 0 radical (unpaired) electrons. The smallest absolute Gasteiger partial charge is 0.417 e. The van der Waals surface area contributed by atoms with Crippen molar-refractivity contribution in [3.05, 3.63) is 66.7 Å². The summed E-state index contributed by atoms with van der Waals surface area (Å²) < 4.78 is 7.08. The predicted molar refractivity (Wildman–Crippen MR) is 102 cm³/mol. The Morgan fingerprint density at radius 3 is 2.26 bits per heavy atom. The summed E-state index contributed by atoms with van der Waals surface area (Å²) in [6.07, 6.45) is -1.15. The number of hydrogen-bond acceptors (Lipinski definition) is 4. The second-order valence-corrected chi connectivity index (χ2v) is 6.64. The molecule has 0 atom stereocenters. The third kappa shape index (κ3) is 4.45. The fourth-order valence-electron chi connectivity index (χ4n) is 2.51. The van der Waals surface area contributed by atoms with Crippen molar-refractivity contribution in [3.8, 4) is 11.6 Å². The highest BCUT2D eigenvalue weighted by atomic mass is 16.5. The first-order valence-electron chi connectivity index (χ1n) is 8.44. The summed E-state index contributed by atoms with van der Waals surface area (Å²) in [6, 6.07) is 19.5. The maximum Gasteiger partial charge on any atom is 0.417 e. The van der Waals surface area contributed by atoms with E-state index in [4.69, 9.17) is 4.74 Å². The van der Waals surface area contributed by atoms with Gasteiger partial charge in [-0.2, -0.15) is 0 Å². The molecule has 7 nitrogen and oxygen atoms in total. The van der Waals surface area contributed by atoms with E-state index >= 15 is 0 Å². The van der Waals surface area contributed by atoms with Crippen molar-refractivity contribution in [2.45, 2.75) is 19.4 Å². The summed E-state index contributed by atoms with van der Waals surface area (Å²) in [5.41, 5.74) is 0.131. The van der Waals surface area contributed by atoms with Crippen LogP contribution in [0.5, 0.6) is 5.88 Å². The number of rotatable bonds is 6. The summed E-state index contributed by atoms with van der Waals surface area (Å²) in [6.45, 7) is 3.27. The van der Waals surface area contributed by atoms with Crippen molar-refractivity contribution in [2.24, 2.45) is 0 Å². The minimum atomic E-state index is -1.15. The average molecular weight is 367 g/mol. The van der Waals surface area contributed by atoms with Crippen LogP contribution in [0.4, 0.5) is 16.3 Å². The summed E-state index contributed by atoms with van der Waals surface area (Å²) in [4.78, 5) is 13.2. The van der Waals surface area contributed by atoms with Crippen LogP contribution in [0.2, 0.25) is 0 Å². The van der Waals surface area contributed by atoms with Gasteiger partial charge in [-0.1, -0.05) is 36.4 Å². The molecule has 7 heteroatoms. The van der Waals surface area contributed by atoms with Crippen molar-refractivity contribution in [3.63, 3.8) is 0 Å². The third-order valence-electron chi connectivity index (χ3n) is 3.68. The van der Waals surface area contributed by atoms with E-state index in [0.717, 1.165) is 4.90 Å². The Morgan fingerprint density at radius 1 is 1.11 bits per heavy atom. The lowest BCUT2D eigenvalue weighted by Gasteiger charge is -2.20. The van der Waals surface area contributed by atoms with Gasteiger partial charge in [0.25, 0.3) is 0 Å². The number of nitrogens with zero attached hydrogens (tertiary/aromatic N) is 3. The lowest BCUT2D eigenvalue weighted by molar-refractivity contribution is 0.0267. The molecule has 2 N–H and O–H groups in total. The number of aromatic nitrogens is 2. The van der Waals surface area contributed by atoms with Crippen LogP contribution < -0.4 is 9.64 Å². The van der Waals surface area contributed by atoms with Crippen LogP contribution >= 0.6 is 0 Å². The van der Waals surface area contributed by atoms with Gasteiger partial charge in [0.05, 0.1) is 17.0 Å². The first-order chi connectivity index (χ1) is 12.8. The summed E-state index contributed by atoms with van der Waals surface area (Å²) in [5.74, 6) is 0.531. The summed E-state index contributed by atoms with van der Waals surface area (Å²) in [7, 11) is 0. The third-order valence-corrected chi connectivity index (χ3v) is 3.68. The molecule has 27 heavy (non-hydrogen) atoms. The fourth-order valence-corrected chi connectivity index (χ4v) is 2.51. The normalized spacial score (nSPS) is 11.2. The quantitative estimate of drug-likeness (QED) is 0.691. The Labute approximate surface area is 157 Å². The summed E-state index contributed by atoms with van der Waals surface area (Å²) >= 11 is 0. The number of anilines is 2. The first kappa shape index (κ1) is 18.5. The number of amides is 1. The van der Waals surface area contributed by atoms with E-state index in [1.165, 1.54) is 4.68 Å². The average Bonchev–Trinajstić information content (AvgIpc) is 3.05. The lowest BCUT2D eigenvalue weighted by atomic mass is 10.2. The minimum Gasteiger partial charge on any atom is -0.474 e. The van der Waals surface area contributed by atoms with Gasteiger partial charge in [0, 0.05) is 6.07 Å². The number of benzene rings is 2. The molecule has 1 amide bonds. The molecular formula is C20H21N3O4. The zero-order chi connectivity index (χ0) is 19.4. The van der Waals surface area contributed by atoms with Crippen LogP contribution in [0, 0.1) is 0 Å². The number of aliphatic hydroxyl groups is 1. The van der Waals surface area contributed by atoms with E-state index in [-0.39, 0.29) is 12.5 Å². The molecule has 0 aliphatic carbocycles. The van der Waals surface area contributed by atoms with Crippen LogP contribution in [0.15, 0.2) is 66.7 Å². The number of para-hydroxylation sites is 2. The number of hydrogen-bond donors (Lipinski definition) is 2. The van der Waals surface area contributed by atoms with Gasteiger partial charge in [-0.15, -0.1) is 5.10 Å². The minimum absolute atomic E-state index is 0.0245.